The summed E-state index contributed by atoms with van der Waals surface area (Å²) in [6, 6.07) is 4.05. The van der Waals surface area contributed by atoms with E-state index in [1.807, 2.05) is 0 Å². The predicted octanol–water partition coefficient (Wildman–Crippen LogP) is 2.23. The molecule has 94 valence electrons. The van der Waals surface area contributed by atoms with Gasteiger partial charge in [-0.3, -0.25) is 4.79 Å². The van der Waals surface area contributed by atoms with Crippen LogP contribution in [0.3, 0.4) is 0 Å². The van der Waals surface area contributed by atoms with E-state index < -0.39 is 5.82 Å². The summed E-state index contributed by atoms with van der Waals surface area (Å²) in [4.78, 5) is 11.7. The maximum atomic E-state index is 12.9. The summed E-state index contributed by atoms with van der Waals surface area (Å²) >= 11 is 0. The van der Waals surface area contributed by atoms with Crippen molar-refractivity contribution >= 4 is 11.5 Å². The Morgan fingerprint density at radius 3 is 2.76 bits per heavy atom. The number of anilines is 1. The largest absolute Gasteiger partial charge is 0.396 e. The number of rotatable bonds is 6. The number of halogens is 1. The van der Waals surface area contributed by atoms with E-state index in [0.717, 1.165) is 13.0 Å². The molecule has 0 spiro atoms. The van der Waals surface area contributed by atoms with Crippen molar-refractivity contribution in [3.63, 3.8) is 0 Å². The monoisotopic (exact) mass is 238 g/mol. The summed E-state index contributed by atoms with van der Waals surface area (Å²) in [5.74, 6) is 0.0499. The van der Waals surface area contributed by atoms with Gasteiger partial charge in [0.25, 0.3) is 0 Å². The normalized spacial score (nSPS) is 10.8. The van der Waals surface area contributed by atoms with Crippen LogP contribution in [0.15, 0.2) is 18.2 Å². The molecule has 0 radical (unpaired) electrons. The molecule has 0 amide bonds. The summed E-state index contributed by atoms with van der Waals surface area (Å²) in [6.45, 7) is 5.33. The van der Waals surface area contributed by atoms with Crippen LogP contribution < -0.4 is 11.1 Å². The van der Waals surface area contributed by atoms with Crippen molar-refractivity contribution in [2.45, 2.75) is 20.3 Å². The highest BCUT2D eigenvalue weighted by Gasteiger charge is 2.07. The van der Waals surface area contributed by atoms with Crippen molar-refractivity contribution < 1.29 is 9.18 Å². The summed E-state index contributed by atoms with van der Waals surface area (Å²) in [6.07, 6.45) is 1.03. The van der Waals surface area contributed by atoms with E-state index in [2.05, 4.69) is 19.2 Å². The first-order valence-corrected chi connectivity index (χ1v) is 5.79. The molecule has 0 heterocycles. The summed E-state index contributed by atoms with van der Waals surface area (Å²) in [5, 5.41) is 3.06. The van der Waals surface area contributed by atoms with Crippen LogP contribution in [0.5, 0.6) is 0 Å². The van der Waals surface area contributed by atoms with Crippen molar-refractivity contribution in [2.75, 3.05) is 18.8 Å². The van der Waals surface area contributed by atoms with Crippen molar-refractivity contribution in [1.29, 1.82) is 0 Å². The molecule has 0 bridgehead atoms. The smallest absolute Gasteiger partial charge is 0.176 e. The molecule has 0 saturated carbocycles. The molecule has 0 unspecified atom stereocenters. The van der Waals surface area contributed by atoms with E-state index in [-0.39, 0.29) is 18.0 Å². The third-order valence-corrected chi connectivity index (χ3v) is 2.50. The number of nitrogen functional groups attached to an aromatic ring is 1. The molecule has 0 saturated heterocycles. The molecule has 0 aliphatic heterocycles. The SMILES string of the molecule is CC(C)CCNCC(=O)c1ccc(F)c(N)c1. The number of carbonyl (C=O) groups is 1. The molecular formula is C13H19FN2O. The highest BCUT2D eigenvalue weighted by molar-refractivity contribution is 5.98. The molecule has 3 nitrogen and oxygen atoms in total. The molecule has 0 aliphatic rings. The zero-order valence-electron chi connectivity index (χ0n) is 10.3. The van der Waals surface area contributed by atoms with Crippen LogP contribution in [0.25, 0.3) is 0 Å². The minimum atomic E-state index is -0.491. The Morgan fingerprint density at radius 1 is 1.47 bits per heavy atom. The molecule has 17 heavy (non-hydrogen) atoms. The fourth-order valence-electron chi connectivity index (χ4n) is 1.41. The Kier molecular flexibility index (Phi) is 5.10. The number of benzene rings is 1. The van der Waals surface area contributed by atoms with Crippen LogP contribution in [0.2, 0.25) is 0 Å². The highest BCUT2D eigenvalue weighted by atomic mass is 19.1. The first-order chi connectivity index (χ1) is 8.00. The average Bonchev–Trinajstić information content (AvgIpc) is 2.27. The second-order valence-corrected chi connectivity index (χ2v) is 4.52. The lowest BCUT2D eigenvalue weighted by Crippen LogP contribution is -2.24. The minimum Gasteiger partial charge on any atom is -0.396 e. The maximum Gasteiger partial charge on any atom is 0.176 e. The van der Waals surface area contributed by atoms with Gasteiger partial charge in [-0.2, -0.15) is 0 Å². The zero-order valence-corrected chi connectivity index (χ0v) is 10.3. The minimum absolute atomic E-state index is 0.0121. The highest BCUT2D eigenvalue weighted by Crippen LogP contribution is 2.12. The van der Waals surface area contributed by atoms with Gasteiger partial charge in [0, 0.05) is 5.56 Å². The van der Waals surface area contributed by atoms with E-state index in [1.165, 1.54) is 18.2 Å². The van der Waals surface area contributed by atoms with Crippen LogP contribution in [-0.2, 0) is 0 Å². The molecule has 1 aromatic carbocycles. The average molecular weight is 238 g/mol. The third kappa shape index (κ3) is 4.53. The summed E-state index contributed by atoms with van der Waals surface area (Å²) < 4.78 is 12.9. The van der Waals surface area contributed by atoms with Gasteiger partial charge in [0.1, 0.15) is 5.82 Å². The molecule has 3 N–H and O–H groups in total. The molecule has 0 atom stereocenters. The number of hydrogen-bond donors (Lipinski definition) is 2. The van der Waals surface area contributed by atoms with E-state index in [4.69, 9.17) is 5.73 Å². The van der Waals surface area contributed by atoms with Crippen LogP contribution in [-0.4, -0.2) is 18.9 Å². The number of Topliss-reactive ketones (excluding diaryl/α,β-unsaturated/α-hetero) is 1. The van der Waals surface area contributed by atoms with E-state index in [0.29, 0.717) is 11.5 Å². The fourth-order valence-corrected chi connectivity index (χ4v) is 1.41. The van der Waals surface area contributed by atoms with E-state index in [1.54, 1.807) is 0 Å². The van der Waals surface area contributed by atoms with Gasteiger partial charge in [0.2, 0.25) is 0 Å². The Bertz CT molecular complexity index is 391. The standard InChI is InChI=1S/C13H19FN2O/c1-9(2)5-6-16-8-13(17)10-3-4-11(14)12(15)7-10/h3-4,7,9,16H,5-6,8,15H2,1-2H3. The Labute approximate surface area is 101 Å². The Hall–Kier alpha value is -1.42. The van der Waals surface area contributed by atoms with E-state index >= 15 is 0 Å². The molecule has 1 aromatic rings. The van der Waals surface area contributed by atoms with Gasteiger partial charge in [0.15, 0.2) is 5.78 Å². The topological polar surface area (TPSA) is 55.1 Å². The molecule has 0 aromatic heterocycles. The van der Waals surface area contributed by atoms with Gasteiger partial charge in [-0.05, 0) is 37.1 Å². The van der Waals surface area contributed by atoms with Gasteiger partial charge in [0.05, 0.1) is 12.2 Å². The molecule has 4 heteroatoms. The molecule has 1 rings (SSSR count). The molecule has 0 fully saturated rings. The fraction of sp³-hybridized carbons (Fsp3) is 0.462. The van der Waals surface area contributed by atoms with Crippen LogP contribution >= 0.6 is 0 Å². The second-order valence-electron chi connectivity index (χ2n) is 4.52. The van der Waals surface area contributed by atoms with Crippen LogP contribution in [0.4, 0.5) is 10.1 Å². The zero-order chi connectivity index (χ0) is 12.8. The lowest BCUT2D eigenvalue weighted by atomic mass is 10.1. The first-order valence-electron chi connectivity index (χ1n) is 5.79. The van der Waals surface area contributed by atoms with Gasteiger partial charge in [-0.25, -0.2) is 4.39 Å². The van der Waals surface area contributed by atoms with Crippen molar-refractivity contribution in [3.05, 3.63) is 29.6 Å². The number of nitrogens with two attached hydrogens (primary N) is 1. The molecular weight excluding hydrogens is 219 g/mol. The lowest BCUT2D eigenvalue weighted by Gasteiger charge is -2.07. The molecule has 0 aliphatic carbocycles. The van der Waals surface area contributed by atoms with Crippen LogP contribution in [0.1, 0.15) is 30.6 Å². The van der Waals surface area contributed by atoms with Crippen molar-refractivity contribution in [3.8, 4) is 0 Å². The van der Waals surface area contributed by atoms with Crippen molar-refractivity contribution in [1.82, 2.24) is 5.32 Å². The van der Waals surface area contributed by atoms with Crippen LogP contribution in [0, 0.1) is 11.7 Å². The maximum absolute atomic E-state index is 12.9. The second kappa shape index (κ2) is 6.35. The van der Waals surface area contributed by atoms with Gasteiger partial charge in [-0.15, -0.1) is 0 Å². The van der Waals surface area contributed by atoms with Gasteiger partial charge in [-0.1, -0.05) is 13.8 Å². The number of hydrogen-bond acceptors (Lipinski definition) is 3. The predicted molar refractivity (Wildman–Crippen MR) is 67.5 cm³/mol. The first kappa shape index (κ1) is 13.6. The summed E-state index contributed by atoms with van der Waals surface area (Å²) in [5.41, 5.74) is 5.86. The number of nitrogens with one attached hydrogen (secondary N) is 1. The quantitative estimate of drug-likeness (QED) is 0.454. The number of ketones is 1. The number of carbonyl (C=O) groups excluding carboxylic acids is 1. The van der Waals surface area contributed by atoms with E-state index in [9.17, 15) is 9.18 Å². The van der Waals surface area contributed by atoms with Crippen molar-refractivity contribution in [2.24, 2.45) is 5.92 Å². The van der Waals surface area contributed by atoms with Gasteiger partial charge < -0.3 is 11.1 Å². The van der Waals surface area contributed by atoms with Gasteiger partial charge >= 0.3 is 0 Å². The lowest BCUT2D eigenvalue weighted by molar-refractivity contribution is 0.0991. The third-order valence-electron chi connectivity index (χ3n) is 2.50. The Morgan fingerprint density at radius 2 is 2.18 bits per heavy atom. The Balaban J connectivity index is 2.44. The summed E-state index contributed by atoms with van der Waals surface area (Å²) in [7, 11) is 0.